The van der Waals surface area contributed by atoms with Gasteiger partial charge in [0.25, 0.3) is 0 Å². The van der Waals surface area contributed by atoms with Crippen LogP contribution in [0.25, 0.3) is 0 Å². The summed E-state index contributed by atoms with van der Waals surface area (Å²) in [5.41, 5.74) is -1.68. The lowest BCUT2D eigenvalue weighted by Gasteiger charge is -2.19. The van der Waals surface area contributed by atoms with Gasteiger partial charge in [-0.15, -0.1) is 0 Å². The number of carbonyl (C=O) groups is 2. The van der Waals surface area contributed by atoms with E-state index in [1.807, 2.05) is 0 Å². The Morgan fingerprint density at radius 3 is 1.76 bits per heavy atom. The lowest BCUT2D eigenvalue weighted by molar-refractivity contribution is -0.163. The summed E-state index contributed by atoms with van der Waals surface area (Å²) in [6, 6.07) is 0. The van der Waals surface area contributed by atoms with Crippen molar-refractivity contribution in [1.82, 2.24) is 0 Å². The van der Waals surface area contributed by atoms with Gasteiger partial charge in [0.2, 0.25) is 0 Å². The summed E-state index contributed by atoms with van der Waals surface area (Å²) in [7, 11) is 0. The highest BCUT2D eigenvalue weighted by atomic mass is 19.1. The van der Waals surface area contributed by atoms with Gasteiger partial charge < -0.3 is 10.2 Å². The monoisotopic (exact) mass is 248 g/mol. The number of rotatable bonds is 10. The number of hydrogen-bond acceptors (Lipinski definition) is 2. The molecule has 0 heterocycles. The van der Waals surface area contributed by atoms with E-state index in [1.54, 1.807) is 0 Å². The summed E-state index contributed by atoms with van der Waals surface area (Å²) < 4.78 is 11.8. The van der Waals surface area contributed by atoms with Gasteiger partial charge in [0.05, 0.1) is 6.67 Å². The quantitative estimate of drug-likeness (QED) is 0.460. The highest BCUT2D eigenvalue weighted by Crippen LogP contribution is 2.25. The van der Waals surface area contributed by atoms with Crippen molar-refractivity contribution in [3.63, 3.8) is 0 Å². The van der Waals surface area contributed by atoms with Crippen LogP contribution in [0.4, 0.5) is 4.39 Å². The van der Waals surface area contributed by atoms with Crippen LogP contribution in [-0.2, 0) is 9.59 Å². The van der Waals surface area contributed by atoms with E-state index in [1.165, 1.54) is 6.92 Å². The van der Waals surface area contributed by atoms with E-state index in [-0.39, 0.29) is 13.1 Å². The van der Waals surface area contributed by atoms with Gasteiger partial charge in [0, 0.05) is 0 Å². The SMILES string of the molecule is CC(CCCCCCCCF)(C(=O)O)C(=O)O. The molecule has 0 aliphatic carbocycles. The lowest BCUT2D eigenvalue weighted by atomic mass is 9.85. The lowest BCUT2D eigenvalue weighted by Crippen LogP contribution is -2.36. The Bertz CT molecular complexity index is 239. The third-order valence-corrected chi connectivity index (χ3v) is 3.00. The van der Waals surface area contributed by atoms with Crippen molar-refractivity contribution in [3.8, 4) is 0 Å². The van der Waals surface area contributed by atoms with E-state index < -0.39 is 17.4 Å². The molecule has 0 saturated heterocycles. The number of alkyl halides is 1. The Hall–Kier alpha value is -1.13. The topological polar surface area (TPSA) is 74.6 Å². The molecule has 0 rings (SSSR count). The smallest absolute Gasteiger partial charge is 0.320 e. The average Bonchev–Trinajstić information content (AvgIpc) is 2.27. The van der Waals surface area contributed by atoms with Gasteiger partial charge in [0.1, 0.15) is 0 Å². The fraction of sp³-hybridized carbons (Fsp3) is 0.833. The minimum atomic E-state index is -1.68. The zero-order chi connectivity index (χ0) is 13.3. The molecule has 17 heavy (non-hydrogen) atoms. The molecule has 5 heteroatoms. The predicted octanol–water partition coefficient (Wildman–Crippen LogP) is 2.86. The molecular formula is C12H21FO4. The molecule has 0 bridgehead atoms. The predicted molar refractivity (Wildman–Crippen MR) is 61.7 cm³/mol. The highest BCUT2D eigenvalue weighted by molar-refractivity contribution is 5.97. The molecule has 0 unspecified atom stereocenters. The molecule has 2 N–H and O–H groups in total. The first kappa shape index (κ1) is 15.9. The van der Waals surface area contributed by atoms with Crippen LogP contribution < -0.4 is 0 Å². The molecule has 0 amide bonds. The van der Waals surface area contributed by atoms with Crippen LogP contribution in [0.1, 0.15) is 51.9 Å². The molecule has 0 aromatic rings. The molecule has 0 saturated carbocycles. The molecule has 0 radical (unpaired) electrons. The first-order valence-corrected chi connectivity index (χ1v) is 5.98. The van der Waals surface area contributed by atoms with Crippen LogP contribution in [0, 0.1) is 5.41 Å². The van der Waals surface area contributed by atoms with Crippen molar-refractivity contribution in [2.45, 2.75) is 51.9 Å². The van der Waals surface area contributed by atoms with Crippen molar-refractivity contribution < 1.29 is 24.2 Å². The van der Waals surface area contributed by atoms with Crippen LogP contribution in [0.15, 0.2) is 0 Å². The molecule has 0 aromatic carbocycles. The van der Waals surface area contributed by atoms with E-state index in [2.05, 4.69) is 0 Å². The highest BCUT2D eigenvalue weighted by Gasteiger charge is 2.40. The van der Waals surface area contributed by atoms with Gasteiger partial charge in [-0.2, -0.15) is 0 Å². The van der Waals surface area contributed by atoms with Gasteiger partial charge in [-0.3, -0.25) is 14.0 Å². The number of hydrogen-bond donors (Lipinski definition) is 2. The van der Waals surface area contributed by atoms with Gasteiger partial charge >= 0.3 is 11.9 Å². The maximum absolute atomic E-state index is 11.8. The number of unbranched alkanes of at least 4 members (excludes halogenated alkanes) is 5. The Labute approximate surface area is 101 Å². The normalized spacial score (nSPS) is 11.4. The molecular weight excluding hydrogens is 227 g/mol. The average molecular weight is 248 g/mol. The summed E-state index contributed by atoms with van der Waals surface area (Å²) in [5.74, 6) is -2.58. The Morgan fingerprint density at radius 1 is 0.941 bits per heavy atom. The summed E-state index contributed by atoms with van der Waals surface area (Å²) in [6.45, 7) is 0.941. The maximum Gasteiger partial charge on any atom is 0.320 e. The second-order valence-electron chi connectivity index (χ2n) is 4.50. The second-order valence-corrected chi connectivity index (χ2v) is 4.50. The molecule has 0 aliphatic rings. The van der Waals surface area contributed by atoms with E-state index >= 15 is 0 Å². The Balaban J connectivity index is 3.78. The fourth-order valence-corrected chi connectivity index (χ4v) is 1.59. The van der Waals surface area contributed by atoms with Crippen molar-refractivity contribution >= 4 is 11.9 Å². The standard InChI is InChI=1S/C12H21FO4/c1-12(10(14)15,11(16)17)8-6-4-2-3-5-7-9-13/h2-9H2,1H3,(H,14,15)(H,16,17). The van der Waals surface area contributed by atoms with Crippen LogP contribution in [-0.4, -0.2) is 28.8 Å². The van der Waals surface area contributed by atoms with Gasteiger partial charge in [-0.25, -0.2) is 0 Å². The first-order chi connectivity index (χ1) is 7.95. The zero-order valence-corrected chi connectivity index (χ0v) is 10.2. The fourth-order valence-electron chi connectivity index (χ4n) is 1.59. The summed E-state index contributed by atoms with van der Waals surface area (Å²) in [5, 5.41) is 17.7. The van der Waals surface area contributed by atoms with Crippen molar-refractivity contribution in [2.24, 2.45) is 5.41 Å². The van der Waals surface area contributed by atoms with Crippen LogP contribution in [0.5, 0.6) is 0 Å². The van der Waals surface area contributed by atoms with E-state index in [4.69, 9.17) is 10.2 Å². The second kappa shape index (κ2) is 8.03. The third-order valence-electron chi connectivity index (χ3n) is 3.00. The first-order valence-electron chi connectivity index (χ1n) is 5.98. The number of halogens is 1. The molecule has 4 nitrogen and oxygen atoms in total. The Kier molecular flexibility index (Phi) is 7.50. The van der Waals surface area contributed by atoms with Gasteiger partial charge in [-0.1, -0.05) is 32.1 Å². The van der Waals surface area contributed by atoms with Crippen LogP contribution in [0.3, 0.4) is 0 Å². The summed E-state index contributed by atoms with van der Waals surface area (Å²) in [4.78, 5) is 21.7. The van der Waals surface area contributed by atoms with E-state index in [0.717, 1.165) is 25.7 Å². The zero-order valence-electron chi connectivity index (χ0n) is 10.2. The van der Waals surface area contributed by atoms with Crippen molar-refractivity contribution in [2.75, 3.05) is 6.67 Å². The molecule has 0 atom stereocenters. The van der Waals surface area contributed by atoms with E-state index in [0.29, 0.717) is 12.8 Å². The van der Waals surface area contributed by atoms with Crippen LogP contribution in [0.2, 0.25) is 0 Å². The summed E-state index contributed by atoms with van der Waals surface area (Å²) >= 11 is 0. The minimum absolute atomic E-state index is 0.140. The maximum atomic E-state index is 11.8. The number of aliphatic carboxylic acids is 2. The van der Waals surface area contributed by atoms with Crippen molar-refractivity contribution in [1.29, 1.82) is 0 Å². The summed E-state index contributed by atoms with van der Waals surface area (Å²) in [6.07, 6.45) is 4.73. The molecule has 0 fully saturated rings. The van der Waals surface area contributed by atoms with Gasteiger partial charge in [0.15, 0.2) is 5.41 Å². The molecule has 0 aromatic heterocycles. The van der Waals surface area contributed by atoms with Gasteiger partial charge in [-0.05, 0) is 19.8 Å². The molecule has 0 spiro atoms. The number of carboxylic acids is 2. The van der Waals surface area contributed by atoms with Crippen molar-refractivity contribution in [3.05, 3.63) is 0 Å². The minimum Gasteiger partial charge on any atom is -0.480 e. The number of carboxylic acid groups (broad SMARTS) is 2. The Morgan fingerprint density at radius 2 is 1.35 bits per heavy atom. The molecule has 100 valence electrons. The third kappa shape index (κ3) is 5.65. The van der Waals surface area contributed by atoms with E-state index in [9.17, 15) is 14.0 Å². The van der Waals surface area contributed by atoms with Crippen LogP contribution >= 0.6 is 0 Å². The largest absolute Gasteiger partial charge is 0.480 e. The molecule has 0 aliphatic heterocycles.